The number of rotatable bonds is 6. The van der Waals surface area contributed by atoms with Gasteiger partial charge in [-0.25, -0.2) is 29.9 Å². The number of hydrogen-bond donors (Lipinski definition) is 2. The van der Waals surface area contributed by atoms with E-state index < -0.39 is 10.0 Å². The van der Waals surface area contributed by atoms with Gasteiger partial charge in [-0.15, -0.1) is 11.3 Å². The van der Waals surface area contributed by atoms with Gasteiger partial charge in [0.05, 0.1) is 43.3 Å². The first-order valence-corrected chi connectivity index (χ1v) is 18.9. The summed E-state index contributed by atoms with van der Waals surface area (Å²) in [5.41, 5.74) is 4.99. The second kappa shape index (κ2) is 12.0. The van der Waals surface area contributed by atoms with E-state index in [1.807, 2.05) is 109 Å². The van der Waals surface area contributed by atoms with Gasteiger partial charge in [-0.1, -0.05) is 58.6 Å². The lowest BCUT2D eigenvalue weighted by atomic mass is 9.94. The molecule has 10 rings (SSSR count). The number of benzene rings is 3. The highest BCUT2D eigenvalue weighted by molar-refractivity contribution is 8.48. The largest absolute Gasteiger partial charge is 0.357 e. The summed E-state index contributed by atoms with van der Waals surface area (Å²) in [6, 6.07) is 31.1. The van der Waals surface area contributed by atoms with E-state index >= 15 is 0 Å². The molecule has 1 aliphatic heterocycles. The Hall–Kier alpha value is -6.63. The van der Waals surface area contributed by atoms with E-state index in [0.29, 0.717) is 43.8 Å². The van der Waals surface area contributed by atoms with Crippen LogP contribution in [-0.2, 0) is 0 Å². The minimum Gasteiger partial charge on any atom is -0.357 e. The Morgan fingerprint density at radius 1 is 0.635 bits per heavy atom. The zero-order valence-corrected chi connectivity index (χ0v) is 28.8. The Bertz CT molecular complexity index is 2940. The number of thiazole rings is 1. The van der Waals surface area contributed by atoms with Gasteiger partial charge in [0.2, 0.25) is 0 Å². The fraction of sp³-hybridized carbons (Fsp3) is 0. The molecule has 248 valence electrons. The third-order valence-electron chi connectivity index (χ3n) is 9.08. The topological polar surface area (TPSA) is 139 Å². The first-order valence-electron chi connectivity index (χ1n) is 16.4. The van der Waals surface area contributed by atoms with Crippen LogP contribution in [-0.4, -0.2) is 44.9 Å². The van der Waals surface area contributed by atoms with Crippen molar-refractivity contribution in [1.29, 1.82) is 0 Å². The summed E-state index contributed by atoms with van der Waals surface area (Å²) in [4.78, 5) is 58.2. The zero-order valence-electron chi connectivity index (χ0n) is 27.1. The quantitative estimate of drug-likeness (QED) is 0.164. The van der Waals surface area contributed by atoms with E-state index in [4.69, 9.17) is 34.9 Å². The Morgan fingerprint density at radius 3 is 2.23 bits per heavy atom. The molecule has 3 aromatic carbocycles. The number of nitrogens with one attached hydrogen (secondary N) is 2. The van der Waals surface area contributed by atoms with E-state index in [-0.39, 0.29) is 5.56 Å². The van der Waals surface area contributed by atoms with Crippen LogP contribution < -0.4 is 5.56 Å². The average molecular weight is 712 g/mol. The molecule has 12 heteroatoms. The molecule has 7 heterocycles. The molecule has 2 N–H and O–H groups in total. The number of aromatic amines is 2. The molecule has 0 aliphatic carbocycles. The summed E-state index contributed by atoms with van der Waals surface area (Å²) in [7, 11) is -2.74. The molecule has 10 nitrogen and oxygen atoms in total. The number of pyridine rings is 1. The number of allylic oxidation sites excluding steroid dienone is 2. The smallest absolute Gasteiger partial charge is 0.256 e. The molecule has 0 fully saturated rings. The van der Waals surface area contributed by atoms with Crippen molar-refractivity contribution in [1.82, 2.24) is 44.9 Å². The van der Waals surface area contributed by atoms with Gasteiger partial charge in [0.15, 0.2) is 11.0 Å². The van der Waals surface area contributed by atoms with Crippen LogP contribution in [0.15, 0.2) is 155 Å². The average Bonchev–Trinajstić information content (AvgIpc) is 3.98. The van der Waals surface area contributed by atoms with E-state index in [9.17, 15) is 4.79 Å². The van der Waals surface area contributed by atoms with Crippen LogP contribution in [0.3, 0.4) is 0 Å². The summed E-state index contributed by atoms with van der Waals surface area (Å²) in [6.07, 6.45) is 10.8. The lowest BCUT2D eigenvalue weighted by Gasteiger charge is -2.37. The van der Waals surface area contributed by atoms with Crippen LogP contribution in [0.2, 0.25) is 0 Å². The first kappa shape index (κ1) is 30.2. The standard InChI is InChI=1S/C40H25N9OS2/c50-38-26(21-24-9-1-3-11-27(24)49-38)33-34(31-23-45-29-13-5-6-14-30(29)47-31)36(39-42-19-20-51-39)52(32-15-7-16-41-32,40-43-17-8-18-44-40)35(33)37-46-22-25-10-2-4-12-28(25)48-37/h1-23,41H,(H,49,50). The molecule has 0 amide bonds. The van der Waals surface area contributed by atoms with Crippen molar-refractivity contribution in [3.8, 4) is 0 Å². The number of hydrogen-bond acceptors (Lipinski definition) is 9. The summed E-state index contributed by atoms with van der Waals surface area (Å²) in [5, 5.41) is 5.80. The Labute approximate surface area is 301 Å². The van der Waals surface area contributed by atoms with Crippen LogP contribution in [0.5, 0.6) is 0 Å². The Morgan fingerprint density at radius 2 is 1.42 bits per heavy atom. The number of H-pyrrole nitrogens is 2. The second-order valence-corrected chi connectivity index (χ2v) is 15.8. The van der Waals surface area contributed by atoms with Crippen molar-refractivity contribution in [3.63, 3.8) is 0 Å². The zero-order chi connectivity index (χ0) is 34.6. The summed E-state index contributed by atoms with van der Waals surface area (Å²) >= 11 is 1.50. The molecule has 1 atom stereocenters. The van der Waals surface area contributed by atoms with Gasteiger partial charge in [-0.05, 0) is 53.9 Å². The van der Waals surface area contributed by atoms with Crippen LogP contribution in [0.25, 0.3) is 53.8 Å². The van der Waals surface area contributed by atoms with Gasteiger partial charge >= 0.3 is 0 Å². The van der Waals surface area contributed by atoms with Crippen LogP contribution in [0.4, 0.5) is 0 Å². The fourth-order valence-electron chi connectivity index (χ4n) is 6.90. The van der Waals surface area contributed by atoms with E-state index in [0.717, 1.165) is 42.3 Å². The Kier molecular flexibility index (Phi) is 6.98. The monoisotopic (exact) mass is 711 g/mol. The number of nitrogens with zero attached hydrogens (tertiary/aromatic N) is 7. The molecular formula is C40H25N9OS2. The van der Waals surface area contributed by atoms with Crippen LogP contribution in [0, 0.1) is 0 Å². The molecule has 0 saturated heterocycles. The van der Waals surface area contributed by atoms with Gasteiger partial charge < -0.3 is 9.97 Å². The molecule has 9 aromatic rings. The van der Waals surface area contributed by atoms with Crippen molar-refractivity contribution < 1.29 is 0 Å². The lowest BCUT2D eigenvalue weighted by molar-refractivity contribution is 0.952. The predicted molar refractivity (Wildman–Crippen MR) is 206 cm³/mol. The Balaban J connectivity index is 1.47. The molecule has 1 unspecified atom stereocenters. The van der Waals surface area contributed by atoms with Crippen molar-refractivity contribution in [2.75, 3.05) is 0 Å². The van der Waals surface area contributed by atoms with Crippen molar-refractivity contribution in [2.24, 2.45) is 0 Å². The number of para-hydroxylation sites is 4. The van der Waals surface area contributed by atoms with E-state index in [2.05, 4.69) is 9.97 Å². The van der Waals surface area contributed by atoms with Gasteiger partial charge in [-0.2, -0.15) is 0 Å². The van der Waals surface area contributed by atoms with Crippen molar-refractivity contribution in [3.05, 3.63) is 172 Å². The summed E-state index contributed by atoms with van der Waals surface area (Å²) < 4.78 is 0. The highest BCUT2D eigenvalue weighted by Gasteiger charge is 2.52. The van der Waals surface area contributed by atoms with Gasteiger partial charge in [0, 0.05) is 64.0 Å². The molecule has 0 bridgehead atoms. The van der Waals surface area contributed by atoms with Crippen LogP contribution >= 0.6 is 21.4 Å². The SMILES string of the molecule is O=c1[nH]c2ccccc2cc1C1=C(c2ncc3ccccc3n2)S(c2ncccn2)(c2ccc[nH]2)C(c2nccs2)=C1c1cnc2ccccc2n1. The van der Waals surface area contributed by atoms with Gasteiger partial charge in [0.1, 0.15) is 5.01 Å². The maximum Gasteiger partial charge on any atom is 0.256 e. The first-order chi connectivity index (χ1) is 25.7. The highest BCUT2D eigenvalue weighted by Crippen LogP contribution is 2.83. The van der Waals surface area contributed by atoms with E-state index in [1.54, 1.807) is 30.9 Å². The third kappa shape index (κ3) is 4.58. The third-order valence-corrected chi connectivity index (χ3v) is 13.7. The number of aromatic nitrogens is 9. The summed E-state index contributed by atoms with van der Waals surface area (Å²) in [6.45, 7) is 0. The molecule has 52 heavy (non-hydrogen) atoms. The van der Waals surface area contributed by atoms with Crippen molar-refractivity contribution >= 4 is 75.2 Å². The highest BCUT2D eigenvalue weighted by atomic mass is 32.3. The molecule has 0 radical (unpaired) electrons. The molecule has 6 aromatic heterocycles. The molecular weight excluding hydrogens is 687 g/mol. The van der Waals surface area contributed by atoms with Gasteiger partial charge in [-0.3, -0.25) is 9.78 Å². The molecule has 0 saturated carbocycles. The predicted octanol–water partition coefficient (Wildman–Crippen LogP) is 8.36. The van der Waals surface area contributed by atoms with Crippen LogP contribution in [0.1, 0.15) is 22.1 Å². The normalized spacial score (nSPS) is 17.3. The second-order valence-electron chi connectivity index (χ2n) is 12.0. The minimum atomic E-state index is -2.74. The van der Waals surface area contributed by atoms with Crippen molar-refractivity contribution in [2.45, 2.75) is 10.2 Å². The maximum atomic E-state index is 14.6. The molecule has 0 spiro atoms. The number of fused-ring (bicyclic) bond motifs is 3. The fourth-order valence-corrected chi connectivity index (χ4v) is 11.9. The van der Waals surface area contributed by atoms with E-state index in [1.165, 1.54) is 11.3 Å². The minimum absolute atomic E-state index is 0.271. The molecule has 1 aliphatic rings. The lowest BCUT2D eigenvalue weighted by Crippen LogP contribution is -2.14. The maximum absolute atomic E-state index is 14.6. The summed E-state index contributed by atoms with van der Waals surface area (Å²) in [5.74, 6) is 0.441. The van der Waals surface area contributed by atoms with Gasteiger partial charge in [0.25, 0.3) is 5.56 Å².